The molecule has 0 aromatic carbocycles. The van der Waals surface area contributed by atoms with Gasteiger partial charge in [0.15, 0.2) is 6.29 Å². The number of aliphatic hydroxyl groups excluding tert-OH is 1. The van der Waals surface area contributed by atoms with Crippen molar-refractivity contribution in [1.82, 2.24) is 0 Å². The summed E-state index contributed by atoms with van der Waals surface area (Å²) in [5, 5.41) is 34.9. The molecule has 0 spiro atoms. The predicted octanol–water partition coefficient (Wildman–Crippen LogP) is 2.39. The lowest BCUT2D eigenvalue weighted by Gasteiger charge is -2.65. The fourth-order valence-electron chi connectivity index (χ4n) is 8.91. The van der Waals surface area contributed by atoms with Gasteiger partial charge >= 0.3 is 5.97 Å². The van der Waals surface area contributed by atoms with Gasteiger partial charge in [-0.25, -0.2) is 4.79 Å². The molecule has 0 aromatic rings. The van der Waals surface area contributed by atoms with E-state index >= 15 is 0 Å². The van der Waals surface area contributed by atoms with Crippen LogP contribution in [0.25, 0.3) is 0 Å². The van der Waals surface area contributed by atoms with E-state index in [9.17, 15) is 20.1 Å². The quantitative estimate of drug-likeness (QED) is 0.297. The molecule has 8 heteroatoms. The summed E-state index contributed by atoms with van der Waals surface area (Å²) in [4.78, 5) is 16.5. The number of carbonyl (C=O) groups excluding carboxylic acids is 1. The number of fused-ring (bicyclic) bond motifs is 5. The fraction of sp³-hybridized carbons (Fsp3) is 0.852. The second-order valence-corrected chi connectivity index (χ2v) is 11.9. The number of cyclic esters (lactones) is 1. The lowest BCUT2D eigenvalue weighted by atomic mass is 9.41. The van der Waals surface area contributed by atoms with Crippen molar-refractivity contribution in [2.24, 2.45) is 33.6 Å². The molecule has 5 rings (SSSR count). The first-order valence-electron chi connectivity index (χ1n) is 13.2. The van der Waals surface area contributed by atoms with Gasteiger partial charge in [-0.1, -0.05) is 6.92 Å². The van der Waals surface area contributed by atoms with E-state index < -0.39 is 29.0 Å². The maximum absolute atomic E-state index is 12.4. The minimum atomic E-state index is -1.05. The van der Waals surface area contributed by atoms with Crippen molar-refractivity contribution in [2.45, 2.75) is 88.3 Å². The second kappa shape index (κ2) is 8.91. The molecular weight excluding hydrogens is 450 g/mol. The first kappa shape index (κ1) is 25.3. The van der Waals surface area contributed by atoms with Crippen molar-refractivity contribution in [3.8, 4) is 0 Å². The number of hydrogen-bond acceptors (Lipinski definition) is 8. The van der Waals surface area contributed by atoms with Gasteiger partial charge in [0.1, 0.15) is 6.61 Å². The van der Waals surface area contributed by atoms with Gasteiger partial charge in [-0.05, 0) is 74.7 Å². The normalized spacial score (nSPS) is 47.4. The average molecular weight is 492 g/mol. The number of aliphatic hydroxyl groups is 3. The van der Waals surface area contributed by atoms with Crippen molar-refractivity contribution in [2.75, 3.05) is 27.4 Å². The zero-order valence-corrected chi connectivity index (χ0v) is 21.2. The predicted molar refractivity (Wildman–Crippen MR) is 129 cm³/mol. The number of rotatable bonds is 6. The van der Waals surface area contributed by atoms with Crippen molar-refractivity contribution in [3.05, 3.63) is 11.6 Å². The molecule has 0 bridgehead atoms. The average Bonchev–Trinajstić information content (AvgIpc) is 3.36. The van der Waals surface area contributed by atoms with E-state index in [-0.39, 0.29) is 29.1 Å². The fourth-order valence-corrected chi connectivity index (χ4v) is 8.91. The number of carbonyl (C=O) groups is 1. The van der Waals surface area contributed by atoms with Crippen LogP contribution in [0.2, 0.25) is 0 Å². The van der Waals surface area contributed by atoms with Crippen LogP contribution in [0.15, 0.2) is 16.6 Å². The molecule has 0 amide bonds. The Morgan fingerprint density at radius 2 is 1.86 bits per heavy atom. The van der Waals surface area contributed by atoms with E-state index in [0.29, 0.717) is 45.3 Å². The number of esters is 1. The summed E-state index contributed by atoms with van der Waals surface area (Å²) >= 11 is 0. The van der Waals surface area contributed by atoms with Gasteiger partial charge in [0.2, 0.25) is 0 Å². The van der Waals surface area contributed by atoms with Crippen molar-refractivity contribution < 1.29 is 34.3 Å². The minimum absolute atomic E-state index is 0.0208. The van der Waals surface area contributed by atoms with E-state index in [1.54, 1.807) is 20.3 Å². The van der Waals surface area contributed by atoms with Crippen molar-refractivity contribution in [1.29, 1.82) is 0 Å². The lowest BCUT2D eigenvalue weighted by Crippen LogP contribution is -2.68. The highest BCUT2D eigenvalue weighted by Gasteiger charge is 2.71. The molecule has 3 N–H and O–H groups in total. The summed E-state index contributed by atoms with van der Waals surface area (Å²) < 4.78 is 15.8. The smallest absolute Gasteiger partial charge is 0.331 e. The summed E-state index contributed by atoms with van der Waals surface area (Å²) in [6.07, 6.45) is 8.63. The summed E-state index contributed by atoms with van der Waals surface area (Å²) in [5.41, 5.74) is -1.87. The van der Waals surface area contributed by atoms with Crippen LogP contribution in [-0.4, -0.2) is 78.5 Å². The zero-order valence-electron chi connectivity index (χ0n) is 21.2. The summed E-state index contributed by atoms with van der Waals surface area (Å²) in [5.74, 6) is -0.0692. The van der Waals surface area contributed by atoms with Gasteiger partial charge < -0.3 is 29.5 Å². The van der Waals surface area contributed by atoms with Crippen molar-refractivity contribution >= 4 is 12.2 Å². The molecule has 196 valence electrons. The molecular formula is C27H41NO7. The Morgan fingerprint density at radius 3 is 2.54 bits per heavy atom. The molecule has 0 unspecified atom stereocenters. The van der Waals surface area contributed by atoms with Crippen LogP contribution in [-0.2, 0) is 19.0 Å². The van der Waals surface area contributed by atoms with E-state index in [0.717, 1.165) is 31.3 Å². The van der Waals surface area contributed by atoms with Crippen LogP contribution in [0.3, 0.4) is 0 Å². The molecule has 1 heterocycles. The molecule has 5 aliphatic rings. The van der Waals surface area contributed by atoms with E-state index in [1.807, 2.05) is 6.21 Å². The zero-order chi connectivity index (χ0) is 25.1. The molecule has 0 aromatic heterocycles. The van der Waals surface area contributed by atoms with Gasteiger partial charge in [0.05, 0.1) is 23.9 Å². The maximum Gasteiger partial charge on any atom is 0.331 e. The van der Waals surface area contributed by atoms with E-state index in [4.69, 9.17) is 19.2 Å². The Bertz CT molecular complexity index is 902. The Balaban J connectivity index is 1.49. The third-order valence-corrected chi connectivity index (χ3v) is 10.7. The highest BCUT2D eigenvalue weighted by molar-refractivity contribution is 5.85. The largest absolute Gasteiger partial charge is 0.458 e. The third-order valence-electron chi connectivity index (χ3n) is 10.7. The second-order valence-electron chi connectivity index (χ2n) is 11.9. The monoisotopic (exact) mass is 491 g/mol. The molecule has 0 radical (unpaired) electrons. The lowest BCUT2D eigenvalue weighted by molar-refractivity contribution is -0.237. The first-order chi connectivity index (χ1) is 16.6. The van der Waals surface area contributed by atoms with Crippen LogP contribution in [0.5, 0.6) is 0 Å². The Labute approximate surface area is 207 Å². The Kier molecular flexibility index (Phi) is 6.45. The third kappa shape index (κ3) is 3.66. The molecule has 4 saturated carbocycles. The van der Waals surface area contributed by atoms with Crippen LogP contribution in [0.1, 0.15) is 64.7 Å². The molecule has 4 fully saturated rings. The van der Waals surface area contributed by atoms with E-state index in [1.165, 1.54) is 0 Å². The first-order valence-corrected chi connectivity index (χ1v) is 13.2. The maximum atomic E-state index is 12.4. The van der Waals surface area contributed by atoms with Gasteiger partial charge in [0.25, 0.3) is 0 Å². The summed E-state index contributed by atoms with van der Waals surface area (Å²) in [7, 11) is 3.16. The van der Waals surface area contributed by atoms with Gasteiger partial charge in [-0.2, -0.15) is 0 Å². The Hall–Kier alpha value is -1.32. The summed E-state index contributed by atoms with van der Waals surface area (Å²) in [6.45, 7) is 2.85. The molecule has 4 aliphatic carbocycles. The number of methoxy groups -OCH3 is 2. The number of ether oxygens (including phenoxy) is 3. The highest BCUT2D eigenvalue weighted by atomic mass is 16.7. The van der Waals surface area contributed by atoms with Crippen LogP contribution in [0, 0.1) is 28.6 Å². The molecule has 0 saturated heterocycles. The molecule has 1 aliphatic heterocycles. The minimum Gasteiger partial charge on any atom is -0.458 e. The number of nitrogens with zero attached hydrogens (tertiary/aromatic N) is 1. The van der Waals surface area contributed by atoms with Gasteiger partial charge in [-0.3, -0.25) is 4.99 Å². The van der Waals surface area contributed by atoms with Crippen LogP contribution in [0.4, 0.5) is 0 Å². The molecule has 35 heavy (non-hydrogen) atoms. The topological polar surface area (TPSA) is 118 Å². The van der Waals surface area contributed by atoms with Gasteiger partial charge in [-0.15, -0.1) is 0 Å². The Morgan fingerprint density at radius 1 is 1.11 bits per heavy atom. The number of hydrogen-bond donors (Lipinski definition) is 3. The van der Waals surface area contributed by atoms with Crippen LogP contribution < -0.4 is 0 Å². The van der Waals surface area contributed by atoms with Gasteiger partial charge in [0, 0.05) is 43.8 Å². The van der Waals surface area contributed by atoms with Crippen LogP contribution >= 0.6 is 0 Å². The summed E-state index contributed by atoms with van der Waals surface area (Å²) in [6, 6.07) is 0. The SMILES string of the molecule is COC(CN=C[C@]12CC[C@H](O)C[C@@]1(O)CC[C@@H]1[C@@H]2CC[C@]2(C)[C@@H](C3=CC(=O)OC3)CC[C@]12O)OC. The highest BCUT2D eigenvalue weighted by Crippen LogP contribution is 2.70. The number of aliphatic imine (C=N–C) groups is 1. The molecule has 8 nitrogen and oxygen atoms in total. The molecule has 8 atom stereocenters. The van der Waals surface area contributed by atoms with Crippen molar-refractivity contribution in [3.63, 3.8) is 0 Å². The van der Waals surface area contributed by atoms with E-state index in [2.05, 4.69) is 6.92 Å². The standard InChI is InChI=1S/C27H41NO7/c1-24-8-5-20-21(27(24,32)11-7-19(24)17-12-22(30)35-15-17)6-10-26(31)13-18(29)4-9-25(20,26)16-28-14-23(33-2)34-3/h12,16,18-21,23,29,31-32H,4-11,13-15H2,1-3H3/t18-,19+,20-,21+,24+,25-,26-,27-/m0/s1.